The summed E-state index contributed by atoms with van der Waals surface area (Å²) in [7, 11) is 0. The van der Waals surface area contributed by atoms with Gasteiger partial charge in [-0.15, -0.1) is 0 Å². The predicted octanol–water partition coefficient (Wildman–Crippen LogP) is 2.70. The largest absolute Gasteiger partial charge is 0.357 e. The van der Waals surface area contributed by atoms with E-state index < -0.39 is 0 Å². The van der Waals surface area contributed by atoms with Crippen LogP contribution in [0.2, 0.25) is 0 Å². The number of hydrogen-bond acceptors (Lipinski definition) is 1. The minimum absolute atomic E-state index is 0.554. The Labute approximate surface area is 117 Å². The first-order valence-electron chi connectivity index (χ1n) is 8.06. The highest BCUT2D eigenvalue weighted by Crippen LogP contribution is 2.49. The number of nitrogens with one attached hydrogen (secondary N) is 2. The topological polar surface area (TPSA) is 36.4 Å². The number of guanidine groups is 1. The fraction of sp³-hybridized carbons (Fsp3) is 0.812. The minimum atomic E-state index is 0.554. The van der Waals surface area contributed by atoms with Gasteiger partial charge >= 0.3 is 0 Å². The lowest BCUT2D eigenvalue weighted by Crippen LogP contribution is -2.42. The smallest absolute Gasteiger partial charge is 0.191 e. The Morgan fingerprint density at radius 3 is 2.32 bits per heavy atom. The van der Waals surface area contributed by atoms with Crippen LogP contribution in [0, 0.1) is 17.8 Å². The van der Waals surface area contributed by atoms with E-state index >= 15 is 0 Å². The van der Waals surface area contributed by atoms with Crippen LogP contribution in [0.25, 0.3) is 0 Å². The average molecular weight is 261 g/mol. The molecule has 3 aliphatic carbocycles. The maximum atomic E-state index is 4.87. The summed E-state index contributed by atoms with van der Waals surface area (Å²) in [5, 5.41) is 6.96. The second-order valence-electron chi connectivity index (χ2n) is 6.34. The van der Waals surface area contributed by atoms with E-state index in [4.69, 9.17) is 4.99 Å². The number of aliphatic imine (C=N–C) groups is 1. The molecular weight excluding hydrogens is 234 g/mol. The zero-order chi connectivity index (χ0) is 13.1. The molecule has 2 saturated carbocycles. The zero-order valence-electron chi connectivity index (χ0n) is 12.1. The second-order valence-corrected chi connectivity index (χ2v) is 6.34. The molecule has 3 heteroatoms. The van der Waals surface area contributed by atoms with Gasteiger partial charge in [-0.3, -0.25) is 4.99 Å². The number of rotatable bonds is 6. The van der Waals surface area contributed by atoms with Crippen molar-refractivity contribution in [2.75, 3.05) is 13.1 Å². The SMILES string of the molecule is CCNC(=NCC(C1CC1)C1CC1)NC1CC=CC1. The molecule has 0 aliphatic heterocycles. The molecule has 3 aliphatic rings. The van der Waals surface area contributed by atoms with Crippen LogP contribution in [0.15, 0.2) is 17.1 Å². The molecule has 0 bridgehead atoms. The first-order chi connectivity index (χ1) is 9.36. The molecular formula is C16H27N3. The Morgan fingerprint density at radius 1 is 1.16 bits per heavy atom. The monoisotopic (exact) mass is 261 g/mol. The van der Waals surface area contributed by atoms with Crippen molar-refractivity contribution in [1.29, 1.82) is 0 Å². The highest BCUT2D eigenvalue weighted by atomic mass is 15.2. The quantitative estimate of drug-likeness (QED) is 0.438. The van der Waals surface area contributed by atoms with E-state index in [0.717, 1.165) is 49.6 Å². The summed E-state index contributed by atoms with van der Waals surface area (Å²) >= 11 is 0. The molecule has 0 unspecified atom stereocenters. The van der Waals surface area contributed by atoms with Crippen LogP contribution in [-0.4, -0.2) is 25.1 Å². The third kappa shape index (κ3) is 3.74. The summed E-state index contributed by atoms with van der Waals surface area (Å²) in [6.45, 7) is 4.12. The Bertz CT molecular complexity index is 333. The van der Waals surface area contributed by atoms with Crippen molar-refractivity contribution in [2.24, 2.45) is 22.7 Å². The van der Waals surface area contributed by atoms with E-state index in [1.807, 2.05) is 0 Å². The summed E-state index contributed by atoms with van der Waals surface area (Å²) in [4.78, 5) is 4.87. The van der Waals surface area contributed by atoms with E-state index in [-0.39, 0.29) is 0 Å². The first kappa shape index (κ1) is 13.0. The molecule has 2 fully saturated rings. The minimum Gasteiger partial charge on any atom is -0.357 e. The van der Waals surface area contributed by atoms with Gasteiger partial charge in [0.15, 0.2) is 5.96 Å². The molecule has 3 nitrogen and oxygen atoms in total. The summed E-state index contributed by atoms with van der Waals surface area (Å²) in [5.41, 5.74) is 0. The van der Waals surface area contributed by atoms with Gasteiger partial charge < -0.3 is 10.6 Å². The van der Waals surface area contributed by atoms with Gasteiger partial charge in [0.05, 0.1) is 0 Å². The molecule has 0 aromatic heterocycles. The molecule has 0 spiro atoms. The van der Waals surface area contributed by atoms with E-state index in [1.54, 1.807) is 0 Å². The van der Waals surface area contributed by atoms with Gasteiger partial charge in [0.25, 0.3) is 0 Å². The van der Waals surface area contributed by atoms with Gasteiger partial charge in [0.1, 0.15) is 0 Å². The Kier molecular flexibility index (Phi) is 4.09. The van der Waals surface area contributed by atoms with Crippen molar-refractivity contribution in [3.8, 4) is 0 Å². The van der Waals surface area contributed by atoms with E-state index in [0.29, 0.717) is 6.04 Å². The highest BCUT2D eigenvalue weighted by Gasteiger charge is 2.41. The molecule has 106 valence electrons. The van der Waals surface area contributed by atoms with Crippen molar-refractivity contribution in [3.63, 3.8) is 0 Å². The third-order valence-electron chi connectivity index (χ3n) is 4.61. The van der Waals surface area contributed by atoms with Crippen LogP contribution in [0.3, 0.4) is 0 Å². The van der Waals surface area contributed by atoms with E-state index in [2.05, 4.69) is 29.7 Å². The molecule has 0 aromatic rings. The number of hydrogen-bond donors (Lipinski definition) is 2. The van der Waals surface area contributed by atoms with Crippen LogP contribution in [0.5, 0.6) is 0 Å². The van der Waals surface area contributed by atoms with Crippen LogP contribution in [-0.2, 0) is 0 Å². The molecule has 0 aromatic carbocycles. The van der Waals surface area contributed by atoms with Gasteiger partial charge in [-0.05, 0) is 63.2 Å². The first-order valence-corrected chi connectivity index (χ1v) is 8.06. The maximum Gasteiger partial charge on any atom is 0.191 e. The maximum absolute atomic E-state index is 4.87. The summed E-state index contributed by atoms with van der Waals surface area (Å²) < 4.78 is 0. The average Bonchev–Trinajstić information content (AvgIpc) is 3.32. The van der Waals surface area contributed by atoms with Crippen molar-refractivity contribution in [2.45, 2.75) is 51.5 Å². The van der Waals surface area contributed by atoms with Crippen molar-refractivity contribution >= 4 is 5.96 Å². The molecule has 19 heavy (non-hydrogen) atoms. The van der Waals surface area contributed by atoms with Gasteiger partial charge in [-0.1, -0.05) is 12.2 Å². The lowest BCUT2D eigenvalue weighted by atomic mass is 9.98. The van der Waals surface area contributed by atoms with Crippen molar-refractivity contribution in [3.05, 3.63) is 12.2 Å². The molecule has 0 saturated heterocycles. The summed E-state index contributed by atoms with van der Waals surface area (Å²) in [6, 6.07) is 0.554. The second kappa shape index (κ2) is 5.98. The fourth-order valence-electron chi connectivity index (χ4n) is 3.18. The predicted molar refractivity (Wildman–Crippen MR) is 80.2 cm³/mol. The van der Waals surface area contributed by atoms with E-state index in [9.17, 15) is 0 Å². The lowest BCUT2D eigenvalue weighted by Gasteiger charge is -2.18. The van der Waals surface area contributed by atoms with Gasteiger partial charge in [-0.2, -0.15) is 0 Å². The number of nitrogens with zero attached hydrogens (tertiary/aromatic N) is 1. The van der Waals surface area contributed by atoms with Crippen molar-refractivity contribution in [1.82, 2.24) is 10.6 Å². The molecule has 3 rings (SSSR count). The lowest BCUT2D eigenvalue weighted by molar-refractivity contribution is 0.416. The third-order valence-corrected chi connectivity index (χ3v) is 4.61. The summed E-state index contributed by atoms with van der Waals surface area (Å²) in [6.07, 6.45) is 12.6. The Hall–Kier alpha value is -0.990. The Balaban J connectivity index is 1.53. The standard InChI is InChI=1S/C16H27N3/c1-2-17-16(19-14-5-3-4-6-14)18-11-15(12-7-8-12)13-9-10-13/h3-4,12-15H,2,5-11H2,1H3,(H2,17,18,19). The highest BCUT2D eigenvalue weighted by molar-refractivity contribution is 5.80. The normalized spacial score (nSPS) is 24.2. The van der Waals surface area contributed by atoms with Crippen LogP contribution in [0.4, 0.5) is 0 Å². The molecule has 2 N–H and O–H groups in total. The Morgan fingerprint density at radius 2 is 1.79 bits per heavy atom. The molecule has 0 radical (unpaired) electrons. The summed E-state index contributed by atoms with van der Waals surface area (Å²) in [5.74, 6) is 3.89. The fourth-order valence-corrected chi connectivity index (χ4v) is 3.18. The molecule has 0 amide bonds. The van der Waals surface area contributed by atoms with Gasteiger partial charge in [-0.25, -0.2) is 0 Å². The van der Waals surface area contributed by atoms with E-state index in [1.165, 1.54) is 25.7 Å². The molecule has 0 heterocycles. The van der Waals surface area contributed by atoms with Crippen LogP contribution >= 0.6 is 0 Å². The van der Waals surface area contributed by atoms with Crippen LogP contribution < -0.4 is 10.6 Å². The van der Waals surface area contributed by atoms with Gasteiger partial charge in [0.2, 0.25) is 0 Å². The van der Waals surface area contributed by atoms with Crippen molar-refractivity contribution < 1.29 is 0 Å². The zero-order valence-corrected chi connectivity index (χ0v) is 12.1. The van der Waals surface area contributed by atoms with Gasteiger partial charge in [0, 0.05) is 19.1 Å². The van der Waals surface area contributed by atoms with Crippen LogP contribution in [0.1, 0.15) is 45.4 Å². The molecule has 0 atom stereocenters.